The van der Waals surface area contributed by atoms with Gasteiger partial charge in [0.1, 0.15) is 0 Å². The lowest BCUT2D eigenvalue weighted by Crippen LogP contribution is -2.35. The number of nitrogens with one attached hydrogen (secondary N) is 1. The Morgan fingerprint density at radius 2 is 1.71 bits per heavy atom. The highest BCUT2D eigenvalue weighted by Crippen LogP contribution is 2.19. The van der Waals surface area contributed by atoms with Crippen LogP contribution in [0.25, 0.3) is 0 Å². The number of hydrogen-bond donors (Lipinski definition) is 2. The molecule has 0 radical (unpaired) electrons. The lowest BCUT2D eigenvalue weighted by molar-refractivity contribution is 0.355. The second-order valence-corrected chi connectivity index (χ2v) is 8.07. The molecule has 0 aliphatic carbocycles. The van der Waals surface area contributed by atoms with Crippen molar-refractivity contribution in [2.75, 3.05) is 13.1 Å². The zero-order valence-corrected chi connectivity index (χ0v) is 14.3. The summed E-state index contributed by atoms with van der Waals surface area (Å²) in [6.07, 6.45) is 3.16. The van der Waals surface area contributed by atoms with Crippen LogP contribution >= 0.6 is 0 Å². The highest BCUT2D eigenvalue weighted by molar-refractivity contribution is 7.89. The molecule has 1 aromatic rings. The largest absolute Gasteiger partial charge is 0.326 e. The average Bonchev–Trinajstić information content (AvgIpc) is 2.86. The van der Waals surface area contributed by atoms with Gasteiger partial charge in [-0.05, 0) is 24.7 Å². The van der Waals surface area contributed by atoms with Gasteiger partial charge in [0.25, 0.3) is 10.0 Å². The van der Waals surface area contributed by atoms with E-state index in [9.17, 15) is 8.42 Å². The summed E-state index contributed by atoms with van der Waals surface area (Å²) >= 11 is 0. The van der Waals surface area contributed by atoms with Crippen LogP contribution in [0.3, 0.4) is 0 Å². The van der Waals surface area contributed by atoms with Crippen molar-refractivity contribution in [2.24, 2.45) is 17.6 Å². The second kappa shape index (κ2) is 7.91. The van der Waals surface area contributed by atoms with Gasteiger partial charge in [-0.25, -0.2) is 8.42 Å². The number of aromatic nitrogens is 2. The fourth-order valence-corrected chi connectivity index (χ4v) is 3.54. The van der Waals surface area contributed by atoms with Gasteiger partial charge in [-0.3, -0.25) is 5.10 Å². The maximum atomic E-state index is 12.8. The van der Waals surface area contributed by atoms with E-state index in [-0.39, 0.29) is 11.6 Å². The minimum Gasteiger partial charge on any atom is -0.326 e. The van der Waals surface area contributed by atoms with E-state index in [1.54, 1.807) is 4.31 Å². The van der Waals surface area contributed by atoms with E-state index in [2.05, 4.69) is 37.9 Å². The predicted octanol–water partition coefficient (Wildman–Crippen LogP) is 1.95. The maximum absolute atomic E-state index is 12.8. The van der Waals surface area contributed by atoms with Gasteiger partial charge in [0.05, 0.1) is 6.20 Å². The molecule has 0 amide bonds. The number of hydrogen-bond acceptors (Lipinski definition) is 4. The fraction of sp³-hybridized carbons (Fsp3) is 0.786. The van der Waals surface area contributed by atoms with E-state index in [0.29, 0.717) is 30.5 Å². The van der Waals surface area contributed by atoms with Gasteiger partial charge in [0.15, 0.2) is 5.03 Å². The molecule has 0 unspecified atom stereocenters. The molecule has 21 heavy (non-hydrogen) atoms. The molecular formula is C14H28N4O2S. The summed E-state index contributed by atoms with van der Waals surface area (Å²) in [6, 6.07) is 0. The molecule has 0 fully saturated rings. The van der Waals surface area contributed by atoms with E-state index < -0.39 is 10.0 Å². The molecule has 0 aromatic carbocycles. The Morgan fingerprint density at radius 3 is 2.14 bits per heavy atom. The Morgan fingerprint density at radius 1 is 1.19 bits per heavy atom. The van der Waals surface area contributed by atoms with Crippen molar-refractivity contribution < 1.29 is 8.42 Å². The van der Waals surface area contributed by atoms with Gasteiger partial charge < -0.3 is 5.73 Å². The Hall–Kier alpha value is -0.920. The van der Waals surface area contributed by atoms with E-state index in [1.165, 1.54) is 6.20 Å². The summed E-state index contributed by atoms with van der Waals surface area (Å²) in [5, 5.41) is 6.55. The molecule has 0 saturated heterocycles. The van der Waals surface area contributed by atoms with E-state index >= 15 is 0 Å². The van der Waals surface area contributed by atoms with Crippen molar-refractivity contribution in [1.82, 2.24) is 14.5 Å². The van der Waals surface area contributed by atoms with Crippen molar-refractivity contribution >= 4 is 10.0 Å². The average molecular weight is 316 g/mol. The molecule has 1 heterocycles. The fourth-order valence-electron chi connectivity index (χ4n) is 1.95. The molecular weight excluding hydrogens is 288 g/mol. The standard InChI is InChI=1S/C14H28N4O2S/c1-11(2)5-7-18(8-6-12(3)4)21(19,20)14-13(9-15)10-16-17-14/h10-12H,5-9,15H2,1-4H3,(H,16,17). The van der Waals surface area contributed by atoms with Crippen LogP contribution in [0.4, 0.5) is 0 Å². The first kappa shape index (κ1) is 18.1. The van der Waals surface area contributed by atoms with Crippen LogP contribution < -0.4 is 5.73 Å². The summed E-state index contributed by atoms with van der Waals surface area (Å²) in [5.41, 5.74) is 6.13. The van der Waals surface area contributed by atoms with Crippen molar-refractivity contribution in [1.29, 1.82) is 0 Å². The molecule has 6 nitrogen and oxygen atoms in total. The summed E-state index contributed by atoms with van der Waals surface area (Å²) in [7, 11) is -3.56. The minimum absolute atomic E-state index is 0.137. The number of nitrogens with zero attached hydrogens (tertiary/aromatic N) is 2. The van der Waals surface area contributed by atoms with Crippen molar-refractivity contribution in [3.05, 3.63) is 11.8 Å². The van der Waals surface area contributed by atoms with Crippen LogP contribution in [0.15, 0.2) is 11.2 Å². The normalized spacial score (nSPS) is 12.8. The molecule has 3 N–H and O–H groups in total. The number of sulfonamides is 1. The number of aromatic amines is 1. The summed E-state index contributed by atoms with van der Waals surface area (Å²) in [4.78, 5) is 0. The molecule has 122 valence electrons. The van der Waals surface area contributed by atoms with Crippen molar-refractivity contribution in [3.63, 3.8) is 0 Å². The number of nitrogens with two attached hydrogens (primary N) is 1. The predicted molar refractivity (Wildman–Crippen MR) is 84.1 cm³/mol. The summed E-state index contributed by atoms with van der Waals surface area (Å²) in [6.45, 7) is 9.58. The molecule has 1 aromatic heterocycles. The summed E-state index contributed by atoms with van der Waals surface area (Å²) in [5.74, 6) is 0.912. The number of H-pyrrole nitrogens is 1. The molecule has 1 rings (SSSR count). The van der Waals surface area contributed by atoms with Crippen LogP contribution in [0, 0.1) is 11.8 Å². The Labute approximate surface area is 128 Å². The molecule has 0 aliphatic rings. The van der Waals surface area contributed by atoms with Gasteiger partial charge in [0.2, 0.25) is 0 Å². The Kier molecular flexibility index (Phi) is 6.83. The van der Waals surface area contributed by atoms with Gasteiger partial charge >= 0.3 is 0 Å². The van der Waals surface area contributed by atoms with Crippen molar-refractivity contribution in [2.45, 2.75) is 52.1 Å². The van der Waals surface area contributed by atoms with Crippen LogP contribution in [0.2, 0.25) is 0 Å². The van der Waals surface area contributed by atoms with Gasteiger partial charge in [0, 0.05) is 25.2 Å². The zero-order valence-electron chi connectivity index (χ0n) is 13.5. The van der Waals surface area contributed by atoms with Gasteiger partial charge in [-0.1, -0.05) is 27.7 Å². The smallest absolute Gasteiger partial charge is 0.260 e. The zero-order chi connectivity index (χ0) is 16.0. The Balaban J connectivity index is 2.98. The van der Waals surface area contributed by atoms with E-state index in [4.69, 9.17) is 5.73 Å². The molecule has 0 bridgehead atoms. The molecule has 0 spiro atoms. The molecule has 7 heteroatoms. The first-order valence-corrected chi connectivity index (χ1v) is 8.95. The van der Waals surface area contributed by atoms with Crippen molar-refractivity contribution in [3.8, 4) is 0 Å². The number of rotatable bonds is 9. The highest BCUT2D eigenvalue weighted by atomic mass is 32.2. The topological polar surface area (TPSA) is 92.1 Å². The first-order chi connectivity index (χ1) is 9.78. The maximum Gasteiger partial charge on any atom is 0.260 e. The monoisotopic (exact) mass is 316 g/mol. The highest BCUT2D eigenvalue weighted by Gasteiger charge is 2.28. The van der Waals surface area contributed by atoms with Gasteiger partial charge in [-0.15, -0.1) is 0 Å². The minimum atomic E-state index is -3.56. The SMILES string of the molecule is CC(C)CCN(CCC(C)C)S(=O)(=O)c1[nH]ncc1CN. The first-order valence-electron chi connectivity index (χ1n) is 7.51. The molecule has 0 aliphatic heterocycles. The molecule has 0 atom stereocenters. The van der Waals surface area contributed by atoms with Crippen LogP contribution in [0.5, 0.6) is 0 Å². The third kappa shape index (κ3) is 5.09. The van der Waals surface area contributed by atoms with Gasteiger partial charge in [-0.2, -0.15) is 9.40 Å². The van der Waals surface area contributed by atoms with E-state index in [0.717, 1.165) is 12.8 Å². The molecule has 0 saturated carbocycles. The third-order valence-corrected chi connectivity index (χ3v) is 5.32. The third-order valence-electron chi connectivity index (χ3n) is 3.41. The van der Waals surface area contributed by atoms with Crippen LogP contribution in [-0.4, -0.2) is 36.0 Å². The van der Waals surface area contributed by atoms with Crippen LogP contribution in [-0.2, 0) is 16.6 Å². The van der Waals surface area contributed by atoms with E-state index in [1.807, 2.05) is 0 Å². The quantitative estimate of drug-likeness (QED) is 0.728. The second-order valence-electron chi connectivity index (χ2n) is 6.20. The van der Waals surface area contributed by atoms with Crippen LogP contribution in [0.1, 0.15) is 46.1 Å². The summed E-state index contributed by atoms with van der Waals surface area (Å²) < 4.78 is 27.1. The Bertz CT molecular complexity index is 511. The lowest BCUT2D eigenvalue weighted by Gasteiger charge is -2.23. The lowest BCUT2D eigenvalue weighted by atomic mass is 10.1.